The maximum atomic E-state index is 13.0. The quantitative estimate of drug-likeness (QED) is 0.821. The number of rotatable bonds is 4. The maximum Gasteiger partial charge on any atom is 0.409 e. The van der Waals surface area contributed by atoms with E-state index in [9.17, 15) is 9.18 Å². The fraction of sp³-hybridized carbons (Fsp3) is 0.611. The van der Waals surface area contributed by atoms with E-state index in [1.165, 1.54) is 12.1 Å². The number of carbonyl (C=O) groups excluding carboxylic acids is 1. The van der Waals surface area contributed by atoms with Gasteiger partial charge in [-0.2, -0.15) is 0 Å². The van der Waals surface area contributed by atoms with Crippen LogP contribution in [-0.4, -0.2) is 86.4 Å². The Bertz CT molecular complexity index is 561. The van der Waals surface area contributed by atoms with Crippen molar-refractivity contribution in [3.63, 3.8) is 0 Å². The molecule has 0 radical (unpaired) electrons. The van der Waals surface area contributed by atoms with Crippen molar-refractivity contribution in [2.75, 3.05) is 59.5 Å². The summed E-state index contributed by atoms with van der Waals surface area (Å²) >= 11 is 0. The number of morpholine rings is 1. The van der Waals surface area contributed by atoms with Gasteiger partial charge in [0.2, 0.25) is 0 Å². The summed E-state index contributed by atoms with van der Waals surface area (Å²) in [6, 6.07) is 6.57. The molecule has 6 nitrogen and oxygen atoms in total. The third kappa shape index (κ3) is 5.39. The molecule has 0 spiro atoms. The van der Waals surface area contributed by atoms with E-state index in [1.54, 1.807) is 17.0 Å². The van der Waals surface area contributed by atoms with Gasteiger partial charge in [-0.3, -0.25) is 4.90 Å². The van der Waals surface area contributed by atoms with Crippen molar-refractivity contribution in [1.29, 1.82) is 0 Å². The van der Waals surface area contributed by atoms with Gasteiger partial charge in [-0.1, -0.05) is 12.1 Å². The number of likely N-dealkylation sites (N-methyl/N-ethyl adjacent to an activating group) is 1. The molecule has 25 heavy (non-hydrogen) atoms. The number of carbonyl (C=O) groups is 1. The minimum Gasteiger partial charge on any atom is -0.447 e. The van der Waals surface area contributed by atoms with Crippen LogP contribution in [0, 0.1) is 5.82 Å². The molecule has 1 aromatic rings. The first-order valence-corrected chi connectivity index (χ1v) is 8.79. The van der Waals surface area contributed by atoms with Crippen LogP contribution in [0.4, 0.5) is 9.18 Å². The van der Waals surface area contributed by atoms with Gasteiger partial charge in [0.15, 0.2) is 0 Å². The minimum atomic E-state index is -0.266. The minimum absolute atomic E-state index is 0.0394. The van der Waals surface area contributed by atoms with Crippen LogP contribution in [0.25, 0.3) is 0 Å². The first-order chi connectivity index (χ1) is 12.1. The van der Waals surface area contributed by atoms with E-state index in [4.69, 9.17) is 9.47 Å². The van der Waals surface area contributed by atoms with Crippen LogP contribution >= 0.6 is 0 Å². The monoisotopic (exact) mass is 351 g/mol. The second-order valence-electron chi connectivity index (χ2n) is 6.72. The molecule has 138 valence electrons. The summed E-state index contributed by atoms with van der Waals surface area (Å²) in [5.74, 6) is -0.218. The molecule has 2 saturated heterocycles. The summed E-state index contributed by atoms with van der Waals surface area (Å²) in [6.45, 7) is 6.32. The Hall–Kier alpha value is -1.70. The largest absolute Gasteiger partial charge is 0.447 e. The van der Waals surface area contributed by atoms with Crippen molar-refractivity contribution >= 4 is 6.09 Å². The lowest BCUT2D eigenvalue weighted by atomic mass is 10.2. The Morgan fingerprint density at radius 3 is 2.60 bits per heavy atom. The van der Waals surface area contributed by atoms with Crippen LogP contribution in [0.3, 0.4) is 0 Å². The second kappa shape index (κ2) is 8.60. The molecule has 0 aliphatic carbocycles. The Balaban J connectivity index is 1.37. The Morgan fingerprint density at radius 1 is 1.20 bits per heavy atom. The molecular formula is C18H26FN3O3. The molecule has 7 heteroatoms. The first kappa shape index (κ1) is 18.1. The topological polar surface area (TPSA) is 45.3 Å². The molecule has 2 fully saturated rings. The number of benzene rings is 1. The van der Waals surface area contributed by atoms with Gasteiger partial charge in [0.25, 0.3) is 0 Å². The van der Waals surface area contributed by atoms with Gasteiger partial charge in [0, 0.05) is 45.8 Å². The van der Waals surface area contributed by atoms with Gasteiger partial charge in [0.1, 0.15) is 18.5 Å². The Kier molecular flexibility index (Phi) is 6.23. The predicted octanol–water partition coefficient (Wildman–Crippen LogP) is 1.41. The van der Waals surface area contributed by atoms with Crippen molar-refractivity contribution in [2.24, 2.45) is 0 Å². The van der Waals surface area contributed by atoms with E-state index >= 15 is 0 Å². The summed E-state index contributed by atoms with van der Waals surface area (Å²) in [6.07, 6.45) is -0.305. The van der Waals surface area contributed by atoms with Gasteiger partial charge >= 0.3 is 6.09 Å². The fourth-order valence-electron chi connectivity index (χ4n) is 3.16. The molecule has 3 rings (SSSR count). The van der Waals surface area contributed by atoms with Crippen molar-refractivity contribution in [3.05, 3.63) is 35.6 Å². The summed E-state index contributed by atoms with van der Waals surface area (Å²) in [5, 5.41) is 0. The average Bonchev–Trinajstić information content (AvgIpc) is 2.62. The highest BCUT2D eigenvalue weighted by Gasteiger charge is 2.24. The van der Waals surface area contributed by atoms with Crippen LogP contribution in [0.2, 0.25) is 0 Å². The fourth-order valence-corrected chi connectivity index (χ4v) is 3.16. The van der Waals surface area contributed by atoms with Crippen molar-refractivity contribution in [2.45, 2.75) is 12.6 Å². The van der Waals surface area contributed by atoms with Crippen molar-refractivity contribution in [1.82, 2.24) is 14.7 Å². The molecule has 1 unspecified atom stereocenters. The normalized spacial score (nSPS) is 22.8. The van der Waals surface area contributed by atoms with Gasteiger partial charge < -0.3 is 19.3 Å². The molecule has 2 aliphatic heterocycles. The van der Waals surface area contributed by atoms with E-state index in [0.29, 0.717) is 26.3 Å². The molecule has 2 aliphatic rings. The van der Waals surface area contributed by atoms with E-state index in [1.807, 2.05) is 7.05 Å². The zero-order chi connectivity index (χ0) is 17.6. The molecular weight excluding hydrogens is 325 g/mol. The highest BCUT2D eigenvalue weighted by atomic mass is 19.1. The summed E-state index contributed by atoms with van der Waals surface area (Å²) in [7, 11) is 2.04. The maximum absolute atomic E-state index is 13.0. The Morgan fingerprint density at radius 2 is 1.92 bits per heavy atom. The molecule has 0 N–H and O–H groups in total. The number of piperazine rings is 1. The lowest BCUT2D eigenvalue weighted by Gasteiger charge is -2.35. The first-order valence-electron chi connectivity index (χ1n) is 8.79. The second-order valence-corrected chi connectivity index (χ2v) is 6.72. The van der Waals surface area contributed by atoms with Crippen molar-refractivity contribution in [3.8, 4) is 0 Å². The molecule has 1 aromatic carbocycles. The smallest absolute Gasteiger partial charge is 0.409 e. The number of nitrogens with zero attached hydrogens (tertiary/aromatic N) is 3. The molecule has 2 heterocycles. The van der Waals surface area contributed by atoms with Gasteiger partial charge in [0.05, 0.1) is 6.61 Å². The van der Waals surface area contributed by atoms with E-state index in [-0.39, 0.29) is 18.0 Å². The van der Waals surface area contributed by atoms with E-state index in [2.05, 4.69) is 9.80 Å². The van der Waals surface area contributed by atoms with Crippen LogP contribution < -0.4 is 0 Å². The van der Waals surface area contributed by atoms with Crippen LogP contribution in [0.5, 0.6) is 0 Å². The zero-order valence-corrected chi connectivity index (χ0v) is 14.7. The SMILES string of the molecule is CN1CCOC(COC(=O)N2CCN(Cc3ccc(F)cc3)CC2)C1. The number of hydrogen-bond donors (Lipinski definition) is 0. The third-order valence-electron chi connectivity index (χ3n) is 4.68. The van der Waals surface area contributed by atoms with E-state index < -0.39 is 0 Å². The zero-order valence-electron chi connectivity index (χ0n) is 14.7. The highest BCUT2D eigenvalue weighted by molar-refractivity contribution is 5.67. The van der Waals surface area contributed by atoms with Crippen LogP contribution in [0.15, 0.2) is 24.3 Å². The van der Waals surface area contributed by atoms with E-state index in [0.717, 1.165) is 38.3 Å². The van der Waals surface area contributed by atoms with Crippen LogP contribution in [0.1, 0.15) is 5.56 Å². The highest BCUT2D eigenvalue weighted by Crippen LogP contribution is 2.11. The van der Waals surface area contributed by atoms with Gasteiger partial charge in [-0.15, -0.1) is 0 Å². The number of ether oxygens (including phenoxy) is 2. The van der Waals surface area contributed by atoms with Crippen molar-refractivity contribution < 1.29 is 18.7 Å². The third-order valence-corrected chi connectivity index (χ3v) is 4.68. The molecule has 1 amide bonds. The molecule has 0 saturated carbocycles. The molecule has 1 atom stereocenters. The lowest BCUT2D eigenvalue weighted by Crippen LogP contribution is -2.49. The van der Waals surface area contributed by atoms with Crippen LogP contribution in [-0.2, 0) is 16.0 Å². The summed E-state index contributed by atoms with van der Waals surface area (Å²) in [4.78, 5) is 18.4. The average molecular weight is 351 g/mol. The summed E-state index contributed by atoms with van der Waals surface area (Å²) < 4.78 is 24.0. The Labute approximate surface area is 148 Å². The number of halogens is 1. The lowest BCUT2D eigenvalue weighted by molar-refractivity contribution is -0.0534. The van der Waals surface area contributed by atoms with Gasteiger partial charge in [-0.05, 0) is 24.7 Å². The predicted molar refractivity (Wildman–Crippen MR) is 91.8 cm³/mol. The number of hydrogen-bond acceptors (Lipinski definition) is 5. The molecule has 0 aromatic heterocycles. The number of amides is 1. The molecule has 0 bridgehead atoms. The standard InChI is InChI=1S/C18H26FN3O3/c1-20-10-11-24-17(13-20)14-25-18(23)22-8-6-21(7-9-22)12-15-2-4-16(19)5-3-15/h2-5,17H,6-14H2,1H3. The summed E-state index contributed by atoms with van der Waals surface area (Å²) in [5.41, 5.74) is 1.08. The van der Waals surface area contributed by atoms with Gasteiger partial charge in [-0.25, -0.2) is 9.18 Å².